The molecule has 0 spiro atoms. The van der Waals surface area contributed by atoms with E-state index in [-0.39, 0.29) is 36.0 Å². The summed E-state index contributed by atoms with van der Waals surface area (Å²) in [5, 5.41) is 20.7. The molecule has 1 aliphatic carbocycles. The van der Waals surface area contributed by atoms with Crippen molar-refractivity contribution in [3.63, 3.8) is 0 Å². The van der Waals surface area contributed by atoms with Crippen LogP contribution < -0.4 is 10.6 Å². The first-order valence-corrected chi connectivity index (χ1v) is 13.7. The highest BCUT2D eigenvalue weighted by molar-refractivity contribution is 6.40. The van der Waals surface area contributed by atoms with E-state index < -0.39 is 6.10 Å². The maximum absolute atomic E-state index is 12.8. The summed E-state index contributed by atoms with van der Waals surface area (Å²) in [7, 11) is 1.47. The molecule has 2 aromatic rings. The van der Waals surface area contributed by atoms with Crippen LogP contribution in [-0.2, 0) is 22.6 Å². The van der Waals surface area contributed by atoms with Crippen LogP contribution in [0.1, 0.15) is 47.3 Å². The number of benzene rings is 1. The summed E-state index contributed by atoms with van der Waals surface area (Å²) < 4.78 is 0. The number of oxime groups is 1. The highest BCUT2D eigenvalue weighted by Gasteiger charge is 2.36. The molecule has 0 unspecified atom stereocenters. The lowest BCUT2D eigenvalue weighted by Gasteiger charge is -2.32. The molecule has 0 radical (unpaired) electrons. The van der Waals surface area contributed by atoms with Gasteiger partial charge in [-0.25, -0.2) is 9.97 Å². The number of β-amino-alcohol motifs (C(OH)–C–C–N with tert-alkyl or cyclic N) is 1. The van der Waals surface area contributed by atoms with E-state index in [0.29, 0.717) is 31.2 Å². The van der Waals surface area contributed by atoms with E-state index in [1.54, 1.807) is 6.07 Å². The normalized spacial score (nSPS) is 19.2. The third-order valence-electron chi connectivity index (χ3n) is 7.58. The molecule has 1 saturated carbocycles. The molecule has 11 nitrogen and oxygen atoms in total. The van der Waals surface area contributed by atoms with Gasteiger partial charge in [-0.3, -0.25) is 14.5 Å². The summed E-state index contributed by atoms with van der Waals surface area (Å²) in [4.78, 5) is 42.9. The van der Waals surface area contributed by atoms with E-state index in [0.717, 1.165) is 45.2 Å². The van der Waals surface area contributed by atoms with Crippen LogP contribution in [0.4, 0.5) is 5.82 Å². The number of aromatic nitrogens is 2. The Balaban J connectivity index is 1.06. The first kappa shape index (κ1) is 27.0. The molecule has 1 aromatic heterocycles. The number of hydrogen-bond donors (Lipinski definition) is 3. The molecule has 2 aliphatic heterocycles. The Morgan fingerprint density at radius 1 is 1.13 bits per heavy atom. The van der Waals surface area contributed by atoms with Gasteiger partial charge >= 0.3 is 0 Å². The maximum Gasteiger partial charge on any atom is 0.271 e. The molecule has 39 heavy (non-hydrogen) atoms. The molecule has 3 N–H and O–H groups in total. The molecule has 1 aromatic carbocycles. The molecular formula is C28H37N7O4. The Hall–Kier alpha value is -3.57. The van der Waals surface area contributed by atoms with Crippen LogP contribution in [0.2, 0.25) is 0 Å². The van der Waals surface area contributed by atoms with Crippen LogP contribution in [0, 0.1) is 5.92 Å². The fourth-order valence-corrected chi connectivity index (χ4v) is 5.28. The van der Waals surface area contributed by atoms with Gasteiger partial charge in [-0.1, -0.05) is 29.4 Å². The number of carbonyl (C=O) groups excluding carboxylic acids is 2. The topological polar surface area (TPSA) is 132 Å². The van der Waals surface area contributed by atoms with E-state index in [9.17, 15) is 14.7 Å². The number of aliphatic hydroxyl groups is 1. The average molecular weight is 536 g/mol. The largest absolute Gasteiger partial charge is 0.399 e. The molecule has 11 heteroatoms. The van der Waals surface area contributed by atoms with E-state index in [1.165, 1.54) is 24.6 Å². The average Bonchev–Trinajstić information content (AvgIpc) is 3.80. The number of piperidine rings is 1. The van der Waals surface area contributed by atoms with Crippen molar-refractivity contribution >= 4 is 23.3 Å². The quantitative estimate of drug-likeness (QED) is 0.308. The highest BCUT2D eigenvalue weighted by atomic mass is 16.6. The third kappa shape index (κ3) is 7.10. The number of hydrogen-bond acceptors (Lipinski definition) is 9. The number of fused-ring (bicyclic) bond motifs is 1. The van der Waals surface area contributed by atoms with E-state index in [2.05, 4.69) is 48.9 Å². The second-order valence-corrected chi connectivity index (χ2v) is 10.6. The summed E-state index contributed by atoms with van der Waals surface area (Å²) in [6, 6.07) is 10.1. The maximum atomic E-state index is 12.8. The first-order chi connectivity index (χ1) is 19.0. The fourth-order valence-electron chi connectivity index (χ4n) is 5.28. The predicted octanol–water partition coefficient (Wildman–Crippen LogP) is 1.44. The number of likely N-dealkylation sites (tertiary alicyclic amines) is 1. The van der Waals surface area contributed by atoms with Crippen molar-refractivity contribution in [2.75, 3.05) is 45.2 Å². The Bertz CT molecular complexity index is 1190. The summed E-state index contributed by atoms with van der Waals surface area (Å²) in [5.74, 6) is 0.398. The number of rotatable bonds is 10. The van der Waals surface area contributed by atoms with Crippen LogP contribution in [-0.4, -0.2) is 94.4 Å². The third-order valence-corrected chi connectivity index (χ3v) is 7.58. The number of aliphatic hydroxyl groups excluding tert-OH is 1. The zero-order valence-electron chi connectivity index (χ0n) is 22.4. The molecule has 3 heterocycles. The van der Waals surface area contributed by atoms with Crippen molar-refractivity contribution in [1.82, 2.24) is 25.1 Å². The number of amides is 2. The summed E-state index contributed by atoms with van der Waals surface area (Å²) in [5.41, 5.74) is 3.43. The van der Waals surface area contributed by atoms with Gasteiger partial charge < -0.3 is 25.5 Å². The number of carbonyl (C=O) groups is 2. The van der Waals surface area contributed by atoms with Crippen molar-refractivity contribution < 1.29 is 19.5 Å². The van der Waals surface area contributed by atoms with Gasteiger partial charge in [-0.05, 0) is 43.2 Å². The summed E-state index contributed by atoms with van der Waals surface area (Å²) in [6.07, 6.45) is 5.14. The van der Waals surface area contributed by atoms with Crippen LogP contribution in [0.3, 0.4) is 0 Å². The fraction of sp³-hybridized carbons (Fsp3) is 0.536. The summed E-state index contributed by atoms with van der Waals surface area (Å²) >= 11 is 0. The van der Waals surface area contributed by atoms with Gasteiger partial charge in [0.25, 0.3) is 11.8 Å². The van der Waals surface area contributed by atoms with Crippen molar-refractivity contribution in [2.45, 2.75) is 50.8 Å². The second-order valence-electron chi connectivity index (χ2n) is 10.6. The smallest absolute Gasteiger partial charge is 0.271 e. The Labute approximate surface area is 228 Å². The molecule has 208 valence electrons. The highest BCUT2D eigenvalue weighted by Crippen LogP contribution is 2.32. The van der Waals surface area contributed by atoms with Gasteiger partial charge in [0.15, 0.2) is 0 Å². The van der Waals surface area contributed by atoms with Crippen LogP contribution in [0.25, 0.3) is 0 Å². The minimum absolute atomic E-state index is 0.0360. The van der Waals surface area contributed by atoms with Gasteiger partial charge in [0.1, 0.15) is 30.7 Å². The van der Waals surface area contributed by atoms with E-state index in [1.807, 2.05) is 11.0 Å². The lowest BCUT2D eigenvalue weighted by atomic mass is 10.00. The molecule has 1 saturated heterocycles. The van der Waals surface area contributed by atoms with Crippen LogP contribution in [0.5, 0.6) is 0 Å². The predicted molar refractivity (Wildman–Crippen MR) is 146 cm³/mol. The van der Waals surface area contributed by atoms with Crippen LogP contribution in [0.15, 0.2) is 41.8 Å². The summed E-state index contributed by atoms with van der Waals surface area (Å²) in [6.45, 7) is 3.56. The van der Waals surface area contributed by atoms with Crippen LogP contribution >= 0.6 is 0 Å². The minimum Gasteiger partial charge on any atom is -0.399 e. The zero-order chi connectivity index (χ0) is 27.2. The Morgan fingerprint density at radius 3 is 2.64 bits per heavy atom. The minimum atomic E-state index is -0.680. The van der Waals surface area contributed by atoms with Crippen molar-refractivity contribution in [1.29, 1.82) is 0 Å². The second kappa shape index (κ2) is 12.5. The lowest BCUT2D eigenvalue weighted by Crippen LogP contribution is -2.45. The van der Waals surface area contributed by atoms with Gasteiger partial charge in [-0.15, -0.1) is 0 Å². The molecular weight excluding hydrogens is 498 g/mol. The monoisotopic (exact) mass is 535 g/mol. The Morgan fingerprint density at radius 2 is 1.90 bits per heavy atom. The molecule has 3 aliphatic rings. The molecule has 0 bridgehead atoms. The van der Waals surface area contributed by atoms with Gasteiger partial charge in [0, 0.05) is 57.3 Å². The van der Waals surface area contributed by atoms with Crippen molar-refractivity contribution in [2.24, 2.45) is 11.1 Å². The standard InChI is InChI=1S/C28H37N7O4/c1-39-33-26(20-6-7-20)28(38)35-12-9-22(10-13-35)32-25-14-24(30-18-31-25)27(37)29-15-23(36)17-34-11-8-19-4-2-3-5-21(19)16-34/h2-5,14,18,20,22-23,36H,6-13,15-17H2,1H3,(H,29,37)(H,30,31,32)/t23-/m0/s1. The van der Waals surface area contributed by atoms with Crippen molar-refractivity contribution in [3.8, 4) is 0 Å². The van der Waals surface area contributed by atoms with E-state index in [4.69, 9.17) is 4.84 Å². The molecule has 1 atom stereocenters. The first-order valence-electron chi connectivity index (χ1n) is 13.7. The molecule has 2 amide bonds. The Kier molecular flexibility index (Phi) is 8.67. The molecule has 2 fully saturated rings. The number of anilines is 1. The number of nitrogens with zero attached hydrogens (tertiary/aromatic N) is 5. The lowest BCUT2D eigenvalue weighted by molar-refractivity contribution is -0.125. The van der Waals surface area contributed by atoms with Gasteiger partial charge in [-0.2, -0.15) is 0 Å². The zero-order valence-corrected chi connectivity index (χ0v) is 22.4. The molecule has 5 rings (SSSR count). The van der Waals surface area contributed by atoms with Crippen molar-refractivity contribution in [3.05, 3.63) is 53.5 Å². The van der Waals surface area contributed by atoms with Gasteiger partial charge in [0.2, 0.25) is 0 Å². The SMILES string of the molecule is CON=C(C(=O)N1CCC(Nc2cc(C(=O)NC[C@H](O)CN3CCc4ccccc4C3)ncn2)CC1)C1CC1. The van der Waals surface area contributed by atoms with Gasteiger partial charge in [0.05, 0.1) is 6.10 Å². The van der Waals surface area contributed by atoms with E-state index >= 15 is 0 Å². The number of nitrogens with one attached hydrogen (secondary N) is 2.